The van der Waals surface area contributed by atoms with E-state index in [1.807, 2.05) is 19.1 Å². The molecule has 2 rings (SSSR count). The van der Waals surface area contributed by atoms with E-state index in [1.54, 1.807) is 36.5 Å². The van der Waals surface area contributed by atoms with Crippen molar-refractivity contribution in [3.8, 4) is 0 Å². The minimum absolute atomic E-state index is 0.0231. The van der Waals surface area contributed by atoms with E-state index in [0.29, 0.717) is 5.56 Å². The summed E-state index contributed by atoms with van der Waals surface area (Å²) in [6.07, 6.45) is 2.50. The number of thiophene rings is 1. The quantitative estimate of drug-likeness (QED) is 0.357. The molecule has 0 spiro atoms. The van der Waals surface area contributed by atoms with Crippen LogP contribution >= 0.6 is 11.3 Å². The molecule has 1 aromatic carbocycles. The number of ether oxygens (including phenoxy) is 1. The van der Waals surface area contributed by atoms with Crippen molar-refractivity contribution in [3.63, 3.8) is 0 Å². The van der Waals surface area contributed by atoms with Crippen LogP contribution in [-0.2, 0) is 9.53 Å². The number of carbonyl (C=O) groups excluding carboxylic acids is 1. The zero-order chi connectivity index (χ0) is 16.1. The van der Waals surface area contributed by atoms with Crippen LogP contribution in [0.3, 0.4) is 0 Å². The van der Waals surface area contributed by atoms with Crippen molar-refractivity contribution in [1.82, 2.24) is 0 Å². The number of esters is 1. The van der Waals surface area contributed by atoms with Crippen molar-refractivity contribution in [2.24, 2.45) is 0 Å². The highest BCUT2D eigenvalue weighted by Gasteiger charge is 2.13. The molecule has 0 saturated heterocycles. The second kappa shape index (κ2) is 7.00. The summed E-state index contributed by atoms with van der Waals surface area (Å²) in [6, 6.07) is 9.97. The van der Waals surface area contributed by atoms with Crippen molar-refractivity contribution in [1.29, 1.82) is 0 Å². The summed E-state index contributed by atoms with van der Waals surface area (Å²) in [5.74, 6) is -0.481. The van der Waals surface area contributed by atoms with Gasteiger partial charge in [0.25, 0.3) is 5.69 Å². The average Bonchev–Trinajstić information content (AvgIpc) is 2.91. The van der Waals surface area contributed by atoms with E-state index < -0.39 is 17.0 Å². The number of hydrogen-bond donors (Lipinski definition) is 0. The van der Waals surface area contributed by atoms with Gasteiger partial charge in [-0.3, -0.25) is 10.1 Å². The lowest BCUT2D eigenvalue weighted by Crippen LogP contribution is -2.06. The standard InChI is InChI=1S/C16H15NO4S/c1-11-6-7-15(22-11)8-9-16(18)21-12(2)13-4-3-5-14(10-13)17(19)20/h3-10,12H,1-2H3/b9-8+/t12-/m0/s1. The molecule has 0 aliphatic rings. The minimum atomic E-state index is -0.554. The van der Waals surface area contributed by atoms with Gasteiger partial charge in [-0.25, -0.2) is 4.79 Å². The first-order valence-corrected chi connectivity index (χ1v) is 7.47. The van der Waals surface area contributed by atoms with Crippen LogP contribution in [0.4, 0.5) is 5.69 Å². The van der Waals surface area contributed by atoms with Crippen LogP contribution in [0, 0.1) is 17.0 Å². The summed E-state index contributed by atoms with van der Waals surface area (Å²) in [5, 5.41) is 10.7. The van der Waals surface area contributed by atoms with Gasteiger partial charge in [0.1, 0.15) is 6.10 Å². The van der Waals surface area contributed by atoms with Crippen molar-refractivity contribution < 1.29 is 14.5 Å². The van der Waals surface area contributed by atoms with Gasteiger partial charge in [0, 0.05) is 28.0 Å². The molecule has 0 amide bonds. The molecule has 0 fully saturated rings. The van der Waals surface area contributed by atoms with Gasteiger partial charge in [-0.15, -0.1) is 11.3 Å². The Labute approximate surface area is 132 Å². The molecule has 1 heterocycles. The van der Waals surface area contributed by atoms with Gasteiger partial charge in [0.15, 0.2) is 0 Å². The van der Waals surface area contributed by atoms with E-state index in [-0.39, 0.29) is 5.69 Å². The van der Waals surface area contributed by atoms with E-state index in [2.05, 4.69) is 0 Å². The third kappa shape index (κ3) is 4.26. The zero-order valence-corrected chi connectivity index (χ0v) is 13.0. The SMILES string of the molecule is Cc1ccc(/C=C/C(=O)O[C@@H](C)c2cccc([N+](=O)[O-])c2)s1. The van der Waals surface area contributed by atoms with E-state index in [4.69, 9.17) is 4.74 Å². The normalized spacial score (nSPS) is 12.3. The Hall–Kier alpha value is -2.47. The molecule has 6 heteroatoms. The Kier molecular flexibility index (Phi) is 5.06. The number of aryl methyl sites for hydroxylation is 1. The van der Waals surface area contributed by atoms with Crippen molar-refractivity contribution in [3.05, 3.63) is 67.9 Å². The van der Waals surface area contributed by atoms with Gasteiger partial charge >= 0.3 is 5.97 Å². The highest BCUT2D eigenvalue weighted by molar-refractivity contribution is 7.12. The third-order valence-corrected chi connectivity index (χ3v) is 3.95. The molecule has 0 unspecified atom stereocenters. The first-order chi connectivity index (χ1) is 10.5. The van der Waals surface area contributed by atoms with Crippen LogP contribution in [0.2, 0.25) is 0 Å². The number of non-ortho nitro benzene ring substituents is 1. The maximum Gasteiger partial charge on any atom is 0.331 e. The molecular weight excluding hydrogens is 302 g/mol. The van der Waals surface area contributed by atoms with Crippen LogP contribution in [-0.4, -0.2) is 10.9 Å². The minimum Gasteiger partial charge on any atom is -0.455 e. The number of benzene rings is 1. The molecule has 1 atom stereocenters. The molecule has 2 aromatic rings. The van der Waals surface area contributed by atoms with Crippen LogP contribution < -0.4 is 0 Å². The Morgan fingerprint density at radius 3 is 2.77 bits per heavy atom. The number of hydrogen-bond acceptors (Lipinski definition) is 5. The maximum absolute atomic E-state index is 11.8. The van der Waals surface area contributed by atoms with E-state index in [1.165, 1.54) is 18.2 Å². The summed E-state index contributed by atoms with van der Waals surface area (Å²) in [6.45, 7) is 3.67. The van der Waals surface area contributed by atoms with E-state index >= 15 is 0 Å². The van der Waals surface area contributed by atoms with Crippen LogP contribution in [0.5, 0.6) is 0 Å². The fourth-order valence-electron chi connectivity index (χ4n) is 1.87. The highest BCUT2D eigenvalue weighted by Crippen LogP contribution is 2.22. The van der Waals surface area contributed by atoms with Gasteiger partial charge in [-0.1, -0.05) is 12.1 Å². The predicted molar refractivity (Wildman–Crippen MR) is 85.7 cm³/mol. The molecule has 0 aliphatic carbocycles. The molecule has 0 radical (unpaired) electrons. The monoisotopic (exact) mass is 317 g/mol. The average molecular weight is 317 g/mol. The zero-order valence-electron chi connectivity index (χ0n) is 12.2. The molecule has 1 aromatic heterocycles. The number of nitrogens with zero attached hydrogens (tertiary/aromatic N) is 1. The predicted octanol–water partition coefficient (Wildman–Crippen LogP) is 4.28. The third-order valence-electron chi connectivity index (χ3n) is 2.99. The molecular formula is C16H15NO4S. The van der Waals surface area contributed by atoms with Crippen molar-refractivity contribution in [2.45, 2.75) is 20.0 Å². The number of rotatable bonds is 5. The van der Waals surface area contributed by atoms with Gasteiger partial charge in [-0.05, 0) is 37.6 Å². The number of nitro groups is 1. The molecule has 0 N–H and O–H groups in total. The fourth-order valence-corrected chi connectivity index (χ4v) is 2.65. The lowest BCUT2D eigenvalue weighted by Gasteiger charge is -2.11. The Morgan fingerprint density at radius 2 is 2.14 bits per heavy atom. The molecule has 0 bridgehead atoms. The molecule has 5 nitrogen and oxygen atoms in total. The number of nitro benzene ring substituents is 1. The lowest BCUT2D eigenvalue weighted by atomic mass is 10.1. The highest BCUT2D eigenvalue weighted by atomic mass is 32.1. The maximum atomic E-state index is 11.8. The molecule has 114 valence electrons. The van der Waals surface area contributed by atoms with Crippen LogP contribution in [0.15, 0.2) is 42.5 Å². The van der Waals surface area contributed by atoms with Crippen molar-refractivity contribution >= 4 is 29.1 Å². The van der Waals surface area contributed by atoms with Crippen molar-refractivity contribution in [2.75, 3.05) is 0 Å². The lowest BCUT2D eigenvalue weighted by molar-refractivity contribution is -0.385. The molecule has 0 aliphatic heterocycles. The van der Waals surface area contributed by atoms with Gasteiger partial charge in [-0.2, -0.15) is 0 Å². The van der Waals surface area contributed by atoms with Crippen LogP contribution in [0.1, 0.15) is 28.3 Å². The second-order valence-electron chi connectivity index (χ2n) is 4.71. The second-order valence-corrected chi connectivity index (χ2v) is 6.03. The largest absolute Gasteiger partial charge is 0.455 e. The topological polar surface area (TPSA) is 69.4 Å². The van der Waals surface area contributed by atoms with E-state index in [9.17, 15) is 14.9 Å². The summed E-state index contributed by atoms with van der Waals surface area (Å²) in [7, 11) is 0. The number of carbonyl (C=O) groups is 1. The van der Waals surface area contributed by atoms with Crippen LogP contribution in [0.25, 0.3) is 6.08 Å². The molecule has 22 heavy (non-hydrogen) atoms. The Bertz CT molecular complexity index is 720. The summed E-state index contributed by atoms with van der Waals surface area (Å²) in [4.78, 5) is 24.2. The molecule has 0 saturated carbocycles. The summed E-state index contributed by atoms with van der Waals surface area (Å²) in [5.41, 5.74) is 0.563. The summed E-state index contributed by atoms with van der Waals surface area (Å²) >= 11 is 1.58. The first kappa shape index (κ1) is 15.9. The summed E-state index contributed by atoms with van der Waals surface area (Å²) < 4.78 is 5.26. The fraction of sp³-hybridized carbons (Fsp3) is 0.188. The van der Waals surface area contributed by atoms with Gasteiger partial charge in [0.05, 0.1) is 4.92 Å². The smallest absolute Gasteiger partial charge is 0.331 e. The Morgan fingerprint density at radius 1 is 1.36 bits per heavy atom. The van der Waals surface area contributed by atoms with Gasteiger partial charge < -0.3 is 4.74 Å². The Balaban J connectivity index is 2.00. The van der Waals surface area contributed by atoms with Gasteiger partial charge in [0.2, 0.25) is 0 Å². The van der Waals surface area contributed by atoms with E-state index in [0.717, 1.165) is 9.75 Å². The first-order valence-electron chi connectivity index (χ1n) is 6.65.